The lowest BCUT2D eigenvalue weighted by atomic mass is 9.78. The molecule has 1 saturated carbocycles. The number of hydrogen-bond acceptors (Lipinski definition) is 10. The number of carbonyl (C=O) groups excluding carboxylic acids is 5. The molecule has 0 saturated heterocycles. The van der Waals surface area contributed by atoms with Crippen molar-refractivity contribution in [1.82, 2.24) is 0 Å². The van der Waals surface area contributed by atoms with Crippen LogP contribution in [0.3, 0.4) is 0 Å². The molecule has 15 heteroatoms. The highest BCUT2D eigenvalue weighted by Gasteiger charge is 2.50. The standard InChI is InChI=1S/C21H20ClF3O10S/c1-8(26)34-12-6-13(35-9(2)27)19(30)15(18(12)29)17(28)10-4-5-14(36(3,31)32)11(16(10)22)7-33-21(25)20(23)24/h4-5,12-13,15,20-21H,6-7H2,1-3H3. The van der Waals surface area contributed by atoms with E-state index in [1.807, 2.05) is 0 Å². The molecule has 2 rings (SSSR count). The first-order chi connectivity index (χ1) is 16.6. The SMILES string of the molecule is CC(=O)OC1CC(OC(C)=O)C(=O)C(C(=O)c2ccc(S(C)(=O)=O)c(COC(F)C(F)F)c2Cl)C1=O. The van der Waals surface area contributed by atoms with Gasteiger partial charge in [-0.15, -0.1) is 0 Å². The van der Waals surface area contributed by atoms with Gasteiger partial charge in [0.05, 0.1) is 16.5 Å². The molecule has 0 spiro atoms. The number of rotatable bonds is 9. The maximum absolute atomic E-state index is 13.3. The van der Waals surface area contributed by atoms with E-state index >= 15 is 0 Å². The highest BCUT2D eigenvalue weighted by molar-refractivity contribution is 7.90. The number of hydrogen-bond donors (Lipinski definition) is 0. The van der Waals surface area contributed by atoms with Crippen LogP contribution in [-0.4, -0.2) is 69.0 Å². The van der Waals surface area contributed by atoms with Crippen molar-refractivity contribution in [3.05, 3.63) is 28.3 Å². The van der Waals surface area contributed by atoms with E-state index in [0.717, 1.165) is 32.2 Å². The minimum absolute atomic E-state index is 0.536. The molecular weight excluding hydrogens is 537 g/mol. The van der Waals surface area contributed by atoms with E-state index in [1.165, 1.54) is 0 Å². The van der Waals surface area contributed by atoms with Crippen molar-refractivity contribution >= 4 is 50.7 Å². The van der Waals surface area contributed by atoms with Crippen molar-refractivity contribution in [1.29, 1.82) is 0 Å². The van der Waals surface area contributed by atoms with Gasteiger partial charge in [-0.05, 0) is 12.1 Å². The zero-order valence-electron chi connectivity index (χ0n) is 19.0. The largest absolute Gasteiger partial charge is 0.454 e. The number of Topliss-reactive ketones (excluding diaryl/α,β-unsaturated/α-hetero) is 3. The van der Waals surface area contributed by atoms with E-state index in [9.17, 15) is 45.6 Å². The van der Waals surface area contributed by atoms with Crippen LogP contribution in [0.15, 0.2) is 17.0 Å². The molecule has 0 amide bonds. The van der Waals surface area contributed by atoms with Crippen LogP contribution in [0.4, 0.5) is 13.2 Å². The maximum atomic E-state index is 13.3. The third-order valence-corrected chi connectivity index (χ3v) is 6.57. The molecule has 3 atom stereocenters. The van der Waals surface area contributed by atoms with E-state index in [-0.39, 0.29) is 0 Å². The summed E-state index contributed by atoms with van der Waals surface area (Å²) in [4.78, 5) is 61.2. The Morgan fingerprint density at radius 1 is 1.03 bits per heavy atom. The molecule has 1 aromatic rings. The number of carbonyl (C=O) groups is 5. The van der Waals surface area contributed by atoms with Gasteiger partial charge in [0, 0.05) is 37.7 Å². The number of esters is 2. The first kappa shape index (κ1) is 29.4. The molecule has 198 valence electrons. The van der Waals surface area contributed by atoms with E-state index in [4.69, 9.17) is 21.1 Å². The van der Waals surface area contributed by atoms with Crippen molar-refractivity contribution in [3.8, 4) is 0 Å². The Hall–Kier alpha value is -2.84. The predicted octanol–water partition coefficient (Wildman–Crippen LogP) is 2.03. The lowest BCUT2D eigenvalue weighted by molar-refractivity contribution is -0.169. The van der Waals surface area contributed by atoms with Crippen LogP contribution in [0.2, 0.25) is 5.02 Å². The highest BCUT2D eigenvalue weighted by atomic mass is 35.5. The molecule has 1 fully saturated rings. The van der Waals surface area contributed by atoms with Gasteiger partial charge in [0.1, 0.15) is 5.92 Å². The quantitative estimate of drug-likeness (QED) is 0.251. The van der Waals surface area contributed by atoms with Gasteiger partial charge >= 0.3 is 11.9 Å². The van der Waals surface area contributed by atoms with E-state index in [0.29, 0.717) is 0 Å². The van der Waals surface area contributed by atoms with E-state index < -0.39 is 104 Å². The number of sulfone groups is 1. The van der Waals surface area contributed by atoms with Crippen molar-refractivity contribution in [2.24, 2.45) is 5.92 Å². The summed E-state index contributed by atoms with van der Waals surface area (Å²) >= 11 is 6.17. The molecule has 3 unspecified atom stereocenters. The average molecular weight is 557 g/mol. The number of benzene rings is 1. The number of ketones is 3. The molecule has 1 aliphatic rings. The van der Waals surface area contributed by atoms with Gasteiger partial charge in [-0.1, -0.05) is 11.6 Å². The second-order valence-corrected chi connectivity index (χ2v) is 10.1. The van der Waals surface area contributed by atoms with Gasteiger partial charge in [-0.3, -0.25) is 24.0 Å². The van der Waals surface area contributed by atoms with Gasteiger partial charge in [-0.2, -0.15) is 0 Å². The fraction of sp³-hybridized carbons (Fsp3) is 0.476. The Morgan fingerprint density at radius 2 is 1.53 bits per heavy atom. The minimum atomic E-state index is -4.09. The zero-order valence-corrected chi connectivity index (χ0v) is 20.5. The normalized spacial score (nSPS) is 21.3. The Bertz CT molecular complexity index is 1170. The summed E-state index contributed by atoms with van der Waals surface area (Å²) in [7, 11) is -4.09. The molecule has 0 heterocycles. The van der Waals surface area contributed by atoms with Gasteiger partial charge < -0.3 is 14.2 Å². The molecular formula is C21H20ClF3O10S. The molecule has 10 nitrogen and oxygen atoms in total. The Balaban J connectivity index is 2.57. The van der Waals surface area contributed by atoms with Gasteiger partial charge in [-0.25, -0.2) is 21.6 Å². The second-order valence-electron chi connectivity index (χ2n) is 7.71. The lowest BCUT2D eigenvalue weighted by Crippen LogP contribution is -2.52. The molecule has 1 aromatic carbocycles. The van der Waals surface area contributed by atoms with Gasteiger partial charge in [0.15, 0.2) is 39.4 Å². The molecule has 0 aliphatic heterocycles. The van der Waals surface area contributed by atoms with E-state index in [2.05, 4.69) is 4.74 Å². The Labute approximate surface area is 207 Å². The predicted molar refractivity (Wildman–Crippen MR) is 114 cm³/mol. The van der Waals surface area contributed by atoms with Crippen molar-refractivity contribution in [3.63, 3.8) is 0 Å². The number of halogens is 4. The monoisotopic (exact) mass is 556 g/mol. The zero-order chi connectivity index (χ0) is 27.5. The first-order valence-electron chi connectivity index (χ1n) is 10.1. The number of alkyl halides is 3. The van der Waals surface area contributed by atoms with Crippen LogP contribution in [0.1, 0.15) is 36.2 Å². The summed E-state index contributed by atoms with van der Waals surface area (Å²) in [5, 5.41) is -0.705. The van der Waals surface area contributed by atoms with Gasteiger partial charge in [0.25, 0.3) is 12.8 Å². The smallest absolute Gasteiger partial charge is 0.303 e. The van der Waals surface area contributed by atoms with Crippen molar-refractivity contribution in [2.45, 2.75) is 56.8 Å². The second kappa shape index (κ2) is 11.5. The third-order valence-electron chi connectivity index (χ3n) is 4.96. The van der Waals surface area contributed by atoms with E-state index in [1.54, 1.807) is 0 Å². The first-order valence-corrected chi connectivity index (χ1v) is 12.3. The van der Waals surface area contributed by atoms with Crippen molar-refractivity contribution in [2.75, 3.05) is 6.26 Å². The minimum Gasteiger partial charge on any atom is -0.454 e. The summed E-state index contributed by atoms with van der Waals surface area (Å²) in [6.07, 6.45) is -9.74. The fourth-order valence-electron chi connectivity index (χ4n) is 3.48. The molecule has 36 heavy (non-hydrogen) atoms. The van der Waals surface area contributed by atoms with Crippen LogP contribution in [-0.2, 0) is 49.8 Å². The Kier molecular flexibility index (Phi) is 9.37. The summed E-state index contributed by atoms with van der Waals surface area (Å²) in [6, 6.07) is 1.70. The number of ether oxygens (including phenoxy) is 3. The third kappa shape index (κ3) is 6.68. The lowest BCUT2D eigenvalue weighted by Gasteiger charge is -2.31. The molecule has 0 aromatic heterocycles. The van der Waals surface area contributed by atoms with Crippen LogP contribution in [0.5, 0.6) is 0 Å². The van der Waals surface area contributed by atoms with Gasteiger partial charge in [0.2, 0.25) is 0 Å². The highest BCUT2D eigenvalue weighted by Crippen LogP contribution is 2.33. The van der Waals surface area contributed by atoms with Crippen LogP contribution in [0.25, 0.3) is 0 Å². The summed E-state index contributed by atoms with van der Waals surface area (Å²) in [6.45, 7) is 0.824. The molecule has 0 radical (unpaired) electrons. The summed E-state index contributed by atoms with van der Waals surface area (Å²) < 4.78 is 76.6. The Morgan fingerprint density at radius 3 is 1.94 bits per heavy atom. The van der Waals surface area contributed by atoms with Crippen LogP contribution in [0, 0.1) is 5.92 Å². The molecule has 0 bridgehead atoms. The summed E-state index contributed by atoms with van der Waals surface area (Å²) in [5.74, 6) is -7.60. The summed E-state index contributed by atoms with van der Waals surface area (Å²) in [5.41, 5.74) is -1.18. The van der Waals surface area contributed by atoms with Crippen LogP contribution >= 0.6 is 11.6 Å². The van der Waals surface area contributed by atoms with Crippen LogP contribution < -0.4 is 0 Å². The fourth-order valence-corrected chi connectivity index (χ4v) is 4.77. The topological polar surface area (TPSA) is 147 Å². The average Bonchev–Trinajstić information content (AvgIpc) is 2.74. The van der Waals surface area contributed by atoms with Crippen molar-refractivity contribution < 1.29 is 59.8 Å². The molecule has 1 aliphatic carbocycles. The maximum Gasteiger partial charge on any atom is 0.303 e. The molecule has 0 N–H and O–H groups in total.